The van der Waals surface area contributed by atoms with E-state index in [1.165, 1.54) is 32.1 Å². The summed E-state index contributed by atoms with van der Waals surface area (Å²) in [5.74, 6) is 2.67. The molecule has 1 unspecified atom stereocenters. The second-order valence-corrected chi connectivity index (χ2v) is 10.5. The lowest BCUT2D eigenvalue weighted by molar-refractivity contribution is -0.123. The summed E-state index contributed by atoms with van der Waals surface area (Å²) in [6.45, 7) is 1.56. The molecule has 1 heterocycles. The summed E-state index contributed by atoms with van der Waals surface area (Å²) in [7, 11) is 2.06. The number of carbonyl (C=O) groups excluding carboxylic acids is 2. The lowest BCUT2D eigenvalue weighted by Gasteiger charge is -2.27. The maximum absolute atomic E-state index is 13.3. The number of hydrogen-bond acceptors (Lipinski definition) is 3. The minimum absolute atomic E-state index is 0.0326. The average Bonchev–Trinajstić information content (AvgIpc) is 3.64. The van der Waals surface area contributed by atoms with E-state index < -0.39 is 5.41 Å². The molecule has 4 fully saturated rings. The summed E-state index contributed by atoms with van der Waals surface area (Å²) < 4.78 is 0. The van der Waals surface area contributed by atoms with Crippen LogP contribution in [0.2, 0.25) is 0 Å². The van der Waals surface area contributed by atoms with Crippen molar-refractivity contribution in [1.29, 1.82) is 0 Å². The highest BCUT2D eigenvalue weighted by atomic mass is 16.2. The average molecular weight is 422 g/mol. The second-order valence-electron chi connectivity index (χ2n) is 10.5. The van der Waals surface area contributed by atoms with E-state index in [1.807, 2.05) is 30.5 Å². The van der Waals surface area contributed by atoms with Gasteiger partial charge in [0.2, 0.25) is 5.91 Å². The Morgan fingerprint density at radius 3 is 2.52 bits per heavy atom. The van der Waals surface area contributed by atoms with Crippen LogP contribution >= 0.6 is 0 Å². The lowest BCUT2D eigenvalue weighted by Crippen LogP contribution is -2.38. The molecule has 1 aliphatic heterocycles. The molecule has 31 heavy (non-hydrogen) atoms. The SMILES string of the molecule is CN1CCC(C(=O)/N=C/C2CCC2)(c2cccc(NC(=O)CC(C3CC3)C3CC3)c2)C1. The van der Waals surface area contributed by atoms with Gasteiger partial charge in [0.05, 0.1) is 5.41 Å². The van der Waals surface area contributed by atoms with E-state index in [4.69, 9.17) is 0 Å². The highest BCUT2D eigenvalue weighted by Crippen LogP contribution is 2.50. The number of nitrogens with zero attached hydrogens (tertiary/aromatic N) is 2. The Labute approximate surface area is 185 Å². The van der Waals surface area contributed by atoms with Gasteiger partial charge < -0.3 is 10.2 Å². The molecule has 0 radical (unpaired) electrons. The predicted octanol–water partition coefficient (Wildman–Crippen LogP) is 4.42. The first-order valence-electron chi connectivity index (χ1n) is 12.2. The van der Waals surface area contributed by atoms with Crippen molar-refractivity contribution >= 4 is 23.7 Å². The molecule has 5 nitrogen and oxygen atoms in total. The Bertz CT molecular complexity index is 857. The third kappa shape index (κ3) is 4.62. The van der Waals surface area contributed by atoms with Crippen molar-refractivity contribution in [2.75, 3.05) is 25.5 Å². The Kier molecular flexibility index (Phi) is 5.72. The monoisotopic (exact) mass is 421 g/mol. The number of hydrogen-bond donors (Lipinski definition) is 1. The number of carbonyl (C=O) groups is 2. The molecule has 0 spiro atoms. The largest absolute Gasteiger partial charge is 0.326 e. The minimum Gasteiger partial charge on any atom is -0.326 e. The summed E-state index contributed by atoms with van der Waals surface area (Å²) in [6.07, 6.45) is 12.0. The first kappa shape index (κ1) is 20.9. The predicted molar refractivity (Wildman–Crippen MR) is 123 cm³/mol. The Morgan fingerprint density at radius 1 is 1.19 bits per heavy atom. The molecule has 0 bridgehead atoms. The van der Waals surface area contributed by atoms with Gasteiger partial charge in [-0.3, -0.25) is 9.59 Å². The van der Waals surface area contributed by atoms with Crippen LogP contribution < -0.4 is 5.32 Å². The van der Waals surface area contributed by atoms with Crippen LogP contribution in [0.25, 0.3) is 0 Å². The van der Waals surface area contributed by atoms with Gasteiger partial charge in [-0.05, 0) is 99.9 Å². The Morgan fingerprint density at radius 2 is 1.94 bits per heavy atom. The van der Waals surface area contributed by atoms with Crippen LogP contribution in [0.5, 0.6) is 0 Å². The van der Waals surface area contributed by atoms with Crippen LogP contribution in [0.1, 0.15) is 63.4 Å². The number of likely N-dealkylation sites (N-methyl/N-ethyl adjacent to an activating group) is 1. The van der Waals surface area contributed by atoms with Gasteiger partial charge in [-0.15, -0.1) is 0 Å². The van der Waals surface area contributed by atoms with Crippen LogP contribution in [0, 0.1) is 23.7 Å². The van der Waals surface area contributed by atoms with Crippen molar-refractivity contribution in [2.24, 2.45) is 28.7 Å². The quantitative estimate of drug-likeness (QED) is 0.632. The molecule has 1 aromatic carbocycles. The van der Waals surface area contributed by atoms with E-state index in [1.54, 1.807) is 0 Å². The zero-order chi connectivity index (χ0) is 21.4. The van der Waals surface area contributed by atoms with Crippen LogP contribution in [0.3, 0.4) is 0 Å². The molecule has 1 saturated heterocycles. The van der Waals surface area contributed by atoms with Crippen molar-refractivity contribution in [3.63, 3.8) is 0 Å². The highest BCUT2D eigenvalue weighted by molar-refractivity contribution is 5.96. The second kappa shape index (κ2) is 8.50. The first-order valence-corrected chi connectivity index (χ1v) is 12.2. The van der Waals surface area contributed by atoms with Crippen molar-refractivity contribution in [2.45, 2.75) is 63.2 Å². The summed E-state index contributed by atoms with van der Waals surface area (Å²) in [6, 6.07) is 7.95. The van der Waals surface area contributed by atoms with Crippen molar-refractivity contribution in [3.05, 3.63) is 29.8 Å². The van der Waals surface area contributed by atoms with Gasteiger partial charge in [0.15, 0.2) is 0 Å². The van der Waals surface area contributed by atoms with Crippen LogP contribution in [0.15, 0.2) is 29.3 Å². The fourth-order valence-electron chi connectivity index (χ4n) is 5.51. The molecular weight excluding hydrogens is 386 g/mol. The maximum atomic E-state index is 13.3. The molecule has 0 aromatic heterocycles. The topological polar surface area (TPSA) is 61.8 Å². The van der Waals surface area contributed by atoms with Gasteiger partial charge in [0.25, 0.3) is 5.91 Å². The van der Waals surface area contributed by atoms with E-state index in [2.05, 4.69) is 22.3 Å². The molecule has 1 atom stereocenters. The molecule has 166 valence electrons. The summed E-state index contributed by atoms with van der Waals surface area (Å²) in [5, 5.41) is 3.14. The van der Waals surface area contributed by atoms with Gasteiger partial charge in [0, 0.05) is 24.9 Å². The third-order valence-corrected chi connectivity index (χ3v) is 8.00. The molecule has 5 heteroatoms. The fraction of sp³-hybridized carbons (Fsp3) is 0.654. The van der Waals surface area contributed by atoms with Crippen LogP contribution in [-0.4, -0.2) is 43.1 Å². The highest BCUT2D eigenvalue weighted by Gasteiger charge is 2.45. The number of likely N-dealkylation sites (tertiary alicyclic amines) is 1. The zero-order valence-electron chi connectivity index (χ0n) is 18.7. The number of benzene rings is 1. The van der Waals surface area contributed by atoms with Gasteiger partial charge in [-0.2, -0.15) is 0 Å². The number of anilines is 1. The van der Waals surface area contributed by atoms with E-state index >= 15 is 0 Å². The molecule has 4 aliphatic rings. The van der Waals surface area contributed by atoms with E-state index in [0.29, 0.717) is 24.8 Å². The summed E-state index contributed by atoms with van der Waals surface area (Å²) in [4.78, 5) is 32.7. The number of nitrogens with one attached hydrogen (secondary N) is 1. The van der Waals surface area contributed by atoms with Gasteiger partial charge in [-0.25, -0.2) is 4.99 Å². The molecule has 3 aliphatic carbocycles. The standard InChI is InChI=1S/C26H35N3O2/c1-29-13-12-26(17-29,25(31)27-16-18-4-2-5-18)21-6-3-7-22(14-21)28-24(30)15-23(19-8-9-19)20-10-11-20/h3,6-7,14,16,18-20,23H,2,4-5,8-13,15,17H2,1H3,(H,28,30)/b27-16+. The van der Waals surface area contributed by atoms with E-state index in [9.17, 15) is 9.59 Å². The molecule has 3 saturated carbocycles. The van der Waals surface area contributed by atoms with Gasteiger partial charge in [0.1, 0.15) is 0 Å². The number of aliphatic imine (C=N–C) groups is 1. The number of amides is 2. The molecule has 1 N–H and O–H groups in total. The van der Waals surface area contributed by atoms with Crippen molar-refractivity contribution < 1.29 is 9.59 Å². The van der Waals surface area contributed by atoms with Crippen molar-refractivity contribution in [1.82, 2.24) is 4.90 Å². The third-order valence-electron chi connectivity index (χ3n) is 8.00. The lowest BCUT2D eigenvalue weighted by atomic mass is 9.78. The molecule has 1 aromatic rings. The maximum Gasteiger partial charge on any atom is 0.257 e. The Hall–Kier alpha value is -2.01. The van der Waals surface area contributed by atoms with E-state index in [-0.39, 0.29) is 11.8 Å². The minimum atomic E-state index is -0.611. The smallest absolute Gasteiger partial charge is 0.257 e. The van der Waals surface area contributed by atoms with Gasteiger partial charge >= 0.3 is 0 Å². The van der Waals surface area contributed by atoms with Crippen molar-refractivity contribution in [3.8, 4) is 0 Å². The molecule has 2 amide bonds. The summed E-state index contributed by atoms with van der Waals surface area (Å²) in [5.41, 5.74) is 1.17. The normalized spacial score (nSPS) is 27.0. The fourth-order valence-corrected chi connectivity index (χ4v) is 5.51. The first-order chi connectivity index (χ1) is 15.0. The molecule has 5 rings (SSSR count). The van der Waals surface area contributed by atoms with Crippen LogP contribution in [-0.2, 0) is 15.0 Å². The van der Waals surface area contributed by atoms with E-state index in [0.717, 1.165) is 48.9 Å². The van der Waals surface area contributed by atoms with Gasteiger partial charge in [-0.1, -0.05) is 18.6 Å². The van der Waals surface area contributed by atoms with Crippen LogP contribution in [0.4, 0.5) is 5.69 Å². The Balaban J connectivity index is 1.31. The number of rotatable bonds is 8. The zero-order valence-corrected chi connectivity index (χ0v) is 18.7. The molecular formula is C26H35N3O2. The summed E-state index contributed by atoms with van der Waals surface area (Å²) >= 11 is 0.